The van der Waals surface area contributed by atoms with Crippen molar-refractivity contribution >= 4 is 17.9 Å². The number of aliphatic carboxylic acids is 3. The molecule has 0 amide bonds. The van der Waals surface area contributed by atoms with E-state index in [0.29, 0.717) is 0 Å². The van der Waals surface area contributed by atoms with Gasteiger partial charge in [-0.25, -0.2) is 10.9 Å². The number of nitrogens with one attached hydrogen (secondary N) is 2. The standard InChI is InChI=1S/C7H12N2O6/c1-3(6(12)13)8-9-4(7(14)15)2-5(10)11/h3-4,8-9H,2H2,1H3,(H,10,11)(H,12,13)(H,14,15)/t3-,4-/m0/s1. The molecule has 0 rings (SSSR count). The van der Waals surface area contributed by atoms with E-state index in [9.17, 15) is 14.4 Å². The SMILES string of the molecule is C[C@H](NN[C@@H](CC(=O)O)C(=O)O)C(=O)O. The Morgan fingerprint density at radius 3 is 1.93 bits per heavy atom. The van der Waals surface area contributed by atoms with Gasteiger partial charge in [0.1, 0.15) is 12.1 Å². The lowest BCUT2D eigenvalue weighted by Crippen LogP contribution is -2.52. The summed E-state index contributed by atoms with van der Waals surface area (Å²) >= 11 is 0. The zero-order valence-electron chi connectivity index (χ0n) is 7.93. The molecule has 0 bridgehead atoms. The molecule has 0 aliphatic carbocycles. The van der Waals surface area contributed by atoms with Crippen molar-refractivity contribution in [1.29, 1.82) is 0 Å². The van der Waals surface area contributed by atoms with E-state index in [2.05, 4.69) is 10.9 Å². The monoisotopic (exact) mass is 220 g/mol. The molecule has 86 valence electrons. The minimum atomic E-state index is -1.37. The normalized spacial score (nSPS) is 14.2. The average Bonchev–Trinajstić information content (AvgIpc) is 2.10. The second kappa shape index (κ2) is 5.94. The highest BCUT2D eigenvalue weighted by molar-refractivity contribution is 5.80. The third kappa shape index (κ3) is 5.60. The van der Waals surface area contributed by atoms with Crippen molar-refractivity contribution in [3.63, 3.8) is 0 Å². The van der Waals surface area contributed by atoms with Crippen LogP contribution in [0.3, 0.4) is 0 Å². The molecule has 0 saturated heterocycles. The molecule has 2 atom stereocenters. The van der Waals surface area contributed by atoms with Crippen LogP contribution in [0.2, 0.25) is 0 Å². The molecule has 8 heteroatoms. The fourth-order valence-electron chi connectivity index (χ4n) is 0.662. The van der Waals surface area contributed by atoms with Gasteiger partial charge in [-0.15, -0.1) is 0 Å². The van der Waals surface area contributed by atoms with E-state index < -0.39 is 36.4 Å². The molecule has 0 unspecified atom stereocenters. The second-order valence-corrected chi connectivity index (χ2v) is 2.84. The topological polar surface area (TPSA) is 136 Å². The molecule has 0 aliphatic heterocycles. The van der Waals surface area contributed by atoms with Crippen molar-refractivity contribution in [3.05, 3.63) is 0 Å². The lowest BCUT2D eigenvalue weighted by Gasteiger charge is -2.15. The van der Waals surface area contributed by atoms with Gasteiger partial charge in [-0.05, 0) is 6.92 Å². The fourth-order valence-corrected chi connectivity index (χ4v) is 0.662. The van der Waals surface area contributed by atoms with Gasteiger partial charge in [-0.1, -0.05) is 0 Å². The summed E-state index contributed by atoms with van der Waals surface area (Å²) < 4.78 is 0. The van der Waals surface area contributed by atoms with E-state index in [1.54, 1.807) is 0 Å². The van der Waals surface area contributed by atoms with Crippen molar-refractivity contribution in [2.24, 2.45) is 0 Å². The summed E-state index contributed by atoms with van der Waals surface area (Å²) in [7, 11) is 0. The van der Waals surface area contributed by atoms with Crippen molar-refractivity contribution in [3.8, 4) is 0 Å². The smallest absolute Gasteiger partial charge is 0.322 e. The molecular formula is C7H12N2O6. The molecule has 0 fully saturated rings. The van der Waals surface area contributed by atoms with Crippen LogP contribution in [0.5, 0.6) is 0 Å². The predicted molar refractivity (Wildman–Crippen MR) is 47.0 cm³/mol. The average molecular weight is 220 g/mol. The molecule has 0 spiro atoms. The van der Waals surface area contributed by atoms with Crippen molar-refractivity contribution in [2.45, 2.75) is 25.4 Å². The Morgan fingerprint density at radius 2 is 1.60 bits per heavy atom. The Bertz CT molecular complexity index is 266. The number of rotatable bonds is 7. The Hall–Kier alpha value is -1.67. The van der Waals surface area contributed by atoms with Gasteiger partial charge in [0, 0.05) is 0 Å². The van der Waals surface area contributed by atoms with Gasteiger partial charge >= 0.3 is 17.9 Å². The number of carboxylic acids is 3. The van der Waals surface area contributed by atoms with Gasteiger partial charge in [-0.3, -0.25) is 14.4 Å². The van der Waals surface area contributed by atoms with Gasteiger partial charge in [0.05, 0.1) is 6.42 Å². The Kier molecular flexibility index (Phi) is 5.27. The van der Waals surface area contributed by atoms with E-state index in [0.717, 1.165) is 0 Å². The maximum atomic E-state index is 10.5. The third-order valence-corrected chi connectivity index (χ3v) is 1.52. The maximum absolute atomic E-state index is 10.5. The molecule has 0 heterocycles. The molecule has 5 N–H and O–H groups in total. The summed E-state index contributed by atoms with van der Waals surface area (Å²) in [6.45, 7) is 1.29. The van der Waals surface area contributed by atoms with Crippen LogP contribution in [-0.4, -0.2) is 45.3 Å². The van der Waals surface area contributed by atoms with Crippen LogP contribution in [0.15, 0.2) is 0 Å². The van der Waals surface area contributed by atoms with Crippen molar-refractivity contribution < 1.29 is 29.7 Å². The van der Waals surface area contributed by atoms with Crippen LogP contribution in [0, 0.1) is 0 Å². The number of carbonyl (C=O) groups is 3. The third-order valence-electron chi connectivity index (χ3n) is 1.52. The van der Waals surface area contributed by atoms with Crippen LogP contribution in [0.4, 0.5) is 0 Å². The summed E-state index contributed by atoms with van der Waals surface area (Å²) in [6, 6.07) is -2.38. The first kappa shape index (κ1) is 13.3. The second-order valence-electron chi connectivity index (χ2n) is 2.84. The largest absolute Gasteiger partial charge is 0.481 e. The molecule has 0 aromatic rings. The molecule has 0 saturated carbocycles. The van der Waals surface area contributed by atoms with E-state index in [4.69, 9.17) is 15.3 Å². The lowest BCUT2D eigenvalue weighted by atomic mass is 10.2. The number of carboxylic acid groups (broad SMARTS) is 3. The van der Waals surface area contributed by atoms with Gasteiger partial charge in [0.15, 0.2) is 0 Å². The maximum Gasteiger partial charge on any atom is 0.322 e. The molecule has 15 heavy (non-hydrogen) atoms. The minimum absolute atomic E-state index is 0.644. The lowest BCUT2D eigenvalue weighted by molar-refractivity contribution is -0.147. The van der Waals surface area contributed by atoms with Crippen LogP contribution in [0.1, 0.15) is 13.3 Å². The summed E-state index contributed by atoms with van der Waals surface area (Å²) in [4.78, 5) is 31.1. The van der Waals surface area contributed by atoms with Crippen molar-refractivity contribution in [1.82, 2.24) is 10.9 Å². The molecule has 8 nitrogen and oxygen atoms in total. The highest BCUT2D eigenvalue weighted by Gasteiger charge is 2.22. The molecule has 0 aromatic heterocycles. The number of hydrogen-bond acceptors (Lipinski definition) is 5. The zero-order chi connectivity index (χ0) is 12.0. The van der Waals surface area contributed by atoms with Crippen LogP contribution in [0.25, 0.3) is 0 Å². The number of hydrogen-bond donors (Lipinski definition) is 5. The van der Waals surface area contributed by atoms with Gasteiger partial charge in [0.2, 0.25) is 0 Å². The molecule has 0 aliphatic rings. The first-order chi connectivity index (χ1) is 6.84. The van der Waals surface area contributed by atoms with E-state index in [-0.39, 0.29) is 0 Å². The van der Waals surface area contributed by atoms with E-state index >= 15 is 0 Å². The Labute approximate surface area is 84.9 Å². The quantitative estimate of drug-likeness (QED) is 0.326. The Balaban J connectivity index is 4.13. The molecule has 0 radical (unpaired) electrons. The van der Waals surface area contributed by atoms with Crippen LogP contribution < -0.4 is 10.9 Å². The zero-order valence-corrected chi connectivity index (χ0v) is 7.93. The highest BCUT2D eigenvalue weighted by Crippen LogP contribution is 1.91. The van der Waals surface area contributed by atoms with Crippen LogP contribution in [-0.2, 0) is 14.4 Å². The summed E-state index contributed by atoms with van der Waals surface area (Å²) in [5.74, 6) is -3.84. The summed E-state index contributed by atoms with van der Waals surface area (Å²) in [5.41, 5.74) is 4.30. The first-order valence-corrected chi connectivity index (χ1v) is 4.03. The van der Waals surface area contributed by atoms with Gasteiger partial charge in [0.25, 0.3) is 0 Å². The predicted octanol–water partition coefficient (Wildman–Crippen LogP) is -1.52. The molecule has 0 aromatic carbocycles. The number of hydrazine groups is 1. The van der Waals surface area contributed by atoms with Crippen molar-refractivity contribution in [2.75, 3.05) is 0 Å². The first-order valence-electron chi connectivity index (χ1n) is 4.03. The Morgan fingerprint density at radius 1 is 1.07 bits per heavy atom. The minimum Gasteiger partial charge on any atom is -0.481 e. The van der Waals surface area contributed by atoms with Crippen LogP contribution >= 0.6 is 0 Å². The molecular weight excluding hydrogens is 208 g/mol. The van der Waals surface area contributed by atoms with E-state index in [1.807, 2.05) is 0 Å². The van der Waals surface area contributed by atoms with E-state index in [1.165, 1.54) is 6.92 Å². The fraction of sp³-hybridized carbons (Fsp3) is 0.571. The summed E-state index contributed by atoms with van der Waals surface area (Å²) in [5, 5.41) is 25.4. The van der Waals surface area contributed by atoms with Gasteiger partial charge in [-0.2, -0.15) is 0 Å². The highest BCUT2D eigenvalue weighted by atomic mass is 16.4. The summed E-state index contributed by atoms with van der Waals surface area (Å²) in [6.07, 6.45) is -0.644. The van der Waals surface area contributed by atoms with Gasteiger partial charge < -0.3 is 15.3 Å².